The van der Waals surface area contributed by atoms with Gasteiger partial charge in [-0.15, -0.1) is 0 Å². The van der Waals surface area contributed by atoms with Gasteiger partial charge in [0.25, 0.3) is 0 Å². The van der Waals surface area contributed by atoms with Crippen molar-refractivity contribution in [1.29, 1.82) is 0 Å². The minimum Gasteiger partial charge on any atom is -0.314 e. The lowest BCUT2D eigenvalue weighted by molar-refractivity contribution is 0.436. The van der Waals surface area contributed by atoms with Gasteiger partial charge in [0, 0.05) is 15.5 Å². The highest BCUT2D eigenvalue weighted by atomic mass is 79.9. The summed E-state index contributed by atoms with van der Waals surface area (Å²) in [5, 5.41) is 4.56. The minimum absolute atomic E-state index is 0.685. The molecular weight excluding hydrogens is 310 g/mol. The highest BCUT2D eigenvalue weighted by molar-refractivity contribution is 9.10. The van der Waals surface area contributed by atoms with Crippen molar-refractivity contribution in [3.8, 4) is 0 Å². The van der Waals surface area contributed by atoms with Crippen molar-refractivity contribution < 1.29 is 0 Å². The first kappa shape index (κ1) is 14.4. The van der Waals surface area contributed by atoms with E-state index in [9.17, 15) is 0 Å². The molecule has 1 unspecified atom stereocenters. The topological polar surface area (TPSA) is 12.0 Å². The van der Waals surface area contributed by atoms with E-state index in [2.05, 4.69) is 40.3 Å². The van der Waals surface area contributed by atoms with Gasteiger partial charge in [-0.05, 0) is 62.3 Å². The fourth-order valence-corrected chi connectivity index (χ4v) is 3.14. The maximum absolute atomic E-state index is 6.26. The van der Waals surface area contributed by atoms with Crippen LogP contribution in [0.25, 0.3) is 0 Å². The number of rotatable bonds is 7. The van der Waals surface area contributed by atoms with E-state index in [1.165, 1.54) is 31.2 Å². The highest BCUT2D eigenvalue weighted by Gasteiger charge is 2.30. The van der Waals surface area contributed by atoms with Crippen molar-refractivity contribution in [1.82, 2.24) is 5.32 Å². The van der Waals surface area contributed by atoms with Crippen molar-refractivity contribution in [2.45, 2.75) is 45.1 Å². The Hall–Kier alpha value is -0.0500. The van der Waals surface area contributed by atoms with Gasteiger partial charge in [0.1, 0.15) is 0 Å². The molecule has 100 valence electrons. The number of nitrogens with one attached hydrogen (secondary N) is 1. The third-order valence-electron chi connectivity index (χ3n) is 3.59. The molecule has 1 aromatic rings. The fraction of sp³-hybridized carbons (Fsp3) is 0.600. The molecule has 1 aliphatic carbocycles. The van der Waals surface area contributed by atoms with Crippen LogP contribution in [0.1, 0.15) is 38.2 Å². The summed E-state index contributed by atoms with van der Waals surface area (Å²) in [6.45, 7) is 3.36. The van der Waals surface area contributed by atoms with E-state index in [1.807, 2.05) is 6.07 Å². The summed E-state index contributed by atoms with van der Waals surface area (Å²) in [5.74, 6) is 0.908. The molecule has 0 spiro atoms. The molecule has 0 heterocycles. The Bertz CT molecular complexity index is 390. The van der Waals surface area contributed by atoms with E-state index in [-0.39, 0.29) is 0 Å². The molecule has 0 saturated heterocycles. The van der Waals surface area contributed by atoms with Crippen LogP contribution in [0.2, 0.25) is 5.02 Å². The molecule has 3 heteroatoms. The van der Waals surface area contributed by atoms with Gasteiger partial charge in [-0.3, -0.25) is 0 Å². The summed E-state index contributed by atoms with van der Waals surface area (Å²) in [5.41, 5.74) is 1.27. The van der Waals surface area contributed by atoms with E-state index in [0.29, 0.717) is 6.04 Å². The quantitative estimate of drug-likeness (QED) is 0.756. The van der Waals surface area contributed by atoms with Crippen molar-refractivity contribution in [2.24, 2.45) is 5.92 Å². The second-order valence-electron chi connectivity index (χ2n) is 5.17. The highest BCUT2D eigenvalue weighted by Crippen LogP contribution is 2.35. The minimum atomic E-state index is 0.685. The fourth-order valence-electron chi connectivity index (χ4n) is 2.37. The van der Waals surface area contributed by atoms with Gasteiger partial charge < -0.3 is 5.32 Å². The van der Waals surface area contributed by atoms with Crippen molar-refractivity contribution in [3.05, 3.63) is 33.3 Å². The van der Waals surface area contributed by atoms with Gasteiger partial charge in [-0.1, -0.05) is 40.5 Å². The Morgan fingerprint density at radius 3 is 2.83 bits per heavy atom. The van der Waals surface area contributed by atoms with Gasteiger partial charge in [0.2, 0.25) is 0 Å². The first-order valence-electron chi connectivity index (χ1n) is 6.88. The SMILES string of the molecule is CCCNC(CCc1ccc(Br)cc1Cl)C1CC1. The molecule has 1 nitrogen and oxygen atoms in total. The Morgan fingerprint density at radius 1 is 1.44 bits per heavy atom. The van der Waals surface area contributed by atoms with Gasteiger partial charge >= 0.3 is 0 Å². The van der Waals surface area contributed by atoms with Crippen LogP contribution in [-0.2, 0) is 6.42 Å². The predicted octanol–water partition coefficient (Wildman–Crippen LogP) is 4.81. The third kappa shape index (κ3) is 4.25. The normalized spacial score (nSPS) is 16.8. The summed E-state index contributed by atoms with van der Waals surface area (Å²) in [6.07, 6.45) is 6.28. The molecule has 1 fully saturated rings. The molecule has 1 N–H and O–H groups in total. The summed E-state index contributed by atoms with van der Waals surface area (Å²) >= 11 is 9.71. The molecule has 1 aliphatic rings. The number of hydrogen-bond donors (Lipinski definition) is 1. The van der Waals surface area contributed by atoms with Gasteiger partial charge in [-0.25, -0.2) is 0 Å². The lowest BCUT2D eigenvalue weighted by Gasteiger charge is -2.18. The van der Waals surface area contributed by atoms with E-state index >= 15 is 0 Å². The Kier molecular flexibility index (Phi) is 5.53. The maximum atomic E-state index is 6.26. The summed E-state index contributed by atoms with van der Waals surface area (Å²) in [4.78, 5) is 0. The molecule has 2 rings (SSSR count). The molecule has 1 aromatic carbocycles. The number of benzene rings is 1. The molecule has 0 bridgehead atoms. The first-order chi connectivity index (χ1) is 8.70. The first-order valence-corrected chi connectivity index (χ1v) is 8.05. The van der Waals surface area contributed by atoms with E-state index in [4.69, 9.17) is 11.6 Å². The van der Waals surface area contributed by atoms with Crippen LogP contribution in [-0.4, -0.2) is 12.6 Å². The number of halogens is 2. The zero-order valence-corrected chi connectivity index (χ0v) is 13.2. The molecule has 1 atom stereocenters. The lowest BCUT2D eigenvalue weighted by Crippen LogP contribution is -2.32. The number of hydrogen-bond acceptors (Lipinski definition) is 1. The second kappa shape index (κ2) is 6.93. The van der Waals surface area contributed by atoms with Gasteiger partial charge in [0.05, 0.1) is 0 Å². The third-order valence-corrected chi connectivity index (χ3v) is 4.43. The van der Waals surface area contributed by atoms with Crippen LogP contribution >= 0.6 is 27.5 Å². The average Bonchev–Trinajstić information content (AvgIpc) is 3.15. The average molecular weight is 331 g/mol. The molecule has 0 aromatic heterocycles. The number of aryl methyl sites for hydroxylation is 1. The molecule has 0 aliphatic heterocycles. The predicted molar refractivity (Wildman–Crippen MR) is 82.3 cm³/mol. The Balaban J connectivity index is 1.88. The van der Waals surface area contributed by atoms with Crippen LogP contribution < -0.4 is 5.32 Å². The van der Waals surface area contributed by atoms with E-state index < -0.39 is 0 Å². The standard InChI is InChI=1S/C15H21BrClN/c1-2-9-18-15(12-3-4-12)8-6-11-5-7-13(16)10-14(11)17/h5,7,10,12,15,18H,2-4,6,8-9H2,1H3. The molecular formula is C15H21BrClN. The van der Waals surface area contributed by atoms with Crippen LogP contribution in [0, 0.1) is 5.92 Å². The smallest absolute Gasteiger partial charge is 0.0449 e. The van der Waals surface area contributed by atoms with E-state index in [1.54, 1.807) is 0 Å². The summed E-state index contributed by atoms with van der Waals surface area (Å²) in [6, 6.07) is 6.88. The Morgan fingerprint density at radius 2 is 2.22 bits per heavy atom. The lowest BCUT2D eigenvalue weighted by atomic mass is 10.0. The molecule has 18 heavy (non-hydrogen) atoms. The Labute approximate surface area is 123 Å². The molecule has 0 radical (unpaired) electrons. The van der Waals surface area contributed by atoms with Crippen molar-refractivity contribution in [2.75, 3.05) is 6.54 Å². The summed E-state index contributed by atoms with van der Waals surface area (Å²) in [7, 11) is 0. The zero-order chi connectivity index (χ0) is 13.0. The second-order valence-corrected chi connectivity index (χ2v) is 6.50. The van der Waals surface area contributed by atoms with Gasteiger partial charge in [0.15, 0.2) is 0 Å². The van der Waals surface area contributed by atoms with Crippen molar-refractivity contribution in [3.63, 3.8) is 0 Å². The van der Waals surface area contributed by atoms with Gasteiger partial charge in [-0.2, -0.15) is 0 Å². The zero-order valence-electron chi connectivity index (χ0n) is 10.9. The molecule has 1 saturated carbocycles. The van der Waals surface area contributed by atoms with Crippen LogP contribution in [0.4, 0.5) is 0 Å². The maximum Gasteiger partial charge on any atom is 0.0449 e. The summed E-state index contributed by atoms with van der Waals surface area (Å²) < 4.78 is 1.05. The van der Waals surface area contributed by atoms with E-state index in [0.717, 1.165) is 28.4 Å². The van der Waals surface area contributed by atoms with Crippen LogP contribution in [0.3, 0.4) is 0 Å². The monoisotopic (exact) mass is 329 g/mol. The van der Waals surface area contributed by atoms with Crippen LogP contribution in [0.15, 0.2) is 22.7 Å². The van der Waals surface area contributed by atoms with Crippen molar-refractivity contribution >= 4 is 27.5 Å². The largest absolute Gasteiger partial charge is 0.314 e. The molecule has 0 amide bonds. The van der Waals surface area contributed by atoms with Crippen LogP contribution in [0.5, 0.6) is 0 Å².